The summed E-state index contributed by atoms with van der Waals surface area (Å²) in [6, 6.07) is 0. The number of nitrogens with zero attached hydrogens (tertiary/aromatic N) is 1. The van der Waals surface area contributed by atoms with Crippen LogP contribution in [0.1, 0.15) is 19.8 Å². The summed E-state index contributed by atoms with van der Waals surface area (Å²) >= 11 is 0. The topological polar surface area (TPSA) is 40.5 Å². The van der Waals surface area contributed by atoms with E-state index < -0.39 is 5.97 Å². The average molecular weight is 195 g/mol. The van der Waals surface area contributed by atoms with Crippen LogP contribution in [0.5, 0.6) is 0 Å². The second kappa shape index (κ2) is 5.02. The van der Waals surface area contributed by atoms with Crippen molar-refractivity contribution in [1.82, 2.24) is 4.90 Å². The Morgan fingerprint density at radius 1 is 1.64 bits per heavy atom. The second-order valence-electron chi connectivity index (χ2n) is 4.09. The van der Waals surface area contributed by atoms with Gasteiger partial charge in [-0.05, 0) is 12.3 Å². The Bertz CT molecular complexity index is 244. The van der Waals surface area contributed by atoms with E-state index in [1.165, 1.54) is 0 Å². The molecule has 1 aliphatic heterocycles. The van der Waals surface area contributed by atoms with Crippen molar-refractivity contribution in [2.75, 3.05) is 19.6 Å². The van der Waals surface area contributed by atoms with Gasteiger partial charge in [-0.25, -0.2) is 0 Å². The van der Waals surface area contributed by atoms with Gasteiger partial charge in [0.2, 0.25) is 0 Å². The number of carbonyl (C=O) groups is 1. The highest BCUT2D eigenvalue weighted by Gasteiger charge is 2.28. The third-order valence-corrected chi connectivity index (χ3v) is 2.66. The van der Waals surface area contributed by atoms with Crippen molar-refractivity contribution in [3.63, 3.8) is 0 Å². The summed E-state index contributed by atoms with van der Waals surface area (Å²) in [4.78, 5) is 13.0. The van der Waals surface area contributed by atoms with Gasteiger partial charge < -0.3 is 10.0 Å². The standard InChI is InChI=1S/C11H17NO2/c1-3-4-5-12-7-9(2)6-10(8-12)11(13)14/h1,9-10H,4-8H2,2H3,(H,13,14). The van der Waals surface area contributed by atoms with E-state index in [9.17, 15) is 4.79 Å². The lowest BCUT2D eigenvalue weighted by molar-refractivity contribution is -0.144. The van der Waals surface area contributed by atoms with E-state index in [0.29, 0.717) is 18.9 Å². The minimum Gasteiger partial charge on any atom is -0.481 e. The zero-order chi connectivity index (χ0) is 10.6. The minimum atomic E-state index is -0.678. The van der Waals surface area contributed by atoms with Crippen LogP contribution in [-0.4, -0.2) is 35.6 Å². The highest BCUT2D eigenvalue weighted by atomic mass is 16.4. The number of carboxylic acid groups (broad SMARTS) is 1. The molecule has 3 heteroatoms. The molecule has 0 aromatic carbocycles. The molecule has 0 spiro atoms. The van der Waals surface area contributed by atoms with Gasteiger partial charge in [0.15, 0.2) is 0 Å². The van der Waals surface area contributed by atoms with E-state index >= 15 is 0 Å². The fourth-order valence-electron chi connectivity index (χ4n) is 2.05. The monoisotopic (exact) mass is 195 g/mol. The maximum Gasteiger partial charge on any atom is 0.307 e. The van der Waals surface area contributed by atoms with Crippen molar-refractivity contribution in [2.24, 2.45) is 11.8 Å². The lowest BCUT2D eigenvalue weighted by Crippen LogP contribution is -2.42. The highest BCUT2D eigenvalue weighted by Crippen LogP contribution is 2.21. The molecule has 3 nitrogen and oxygen atoms in total. The molecule has 0 radical (unpaired) electrons. The smallest absolute Gasteiger partial charge is 0.307 e. The lowest BCUT2D eigenvalue weighted by atomic mass is 9.90. The van der Waals surface area contributed by atoms with Crippen molar-refractivity contribution in [1.29, 1.82) is 0 Å². The van der Waals surface area contributed by atoms with Gasteiger partial charge >= 0.3 is 5.97 Å². The summed E-state index contributed by atoms with van der Waals surface area (Å²) in [5.41, 5.74) is 0. The van der Waals surface area contributed by atoms with Crippen LogP contribution >= 0.6 is 0 Å². The highest BCUT2D eigenvalue weighted by molar-refractivity contribution is 5.70. The first-order valence-electron chi connectivity index (χ1n) is 5.02. The second-order valence-corrected chi connectivity index (χ2v) is 4.09. The van der Waals surface area contributed by atoms with Crippen molar-refractivity contribution >= 4 is 5.97 Å². The number of hydrogen-bond acceptors (Lipinski definition) is 2. The number of rotatable bonds is 3. The van der Waals surface area contributed by atoms with Gasteiger partial charge in [-0.15, -0.1) is 12.3 Å². The molecule has 0 amide bonds. The van der Waals surface area contributed by atoms with Gasteiger partial charge in [-0.3, -0.25) is 4.79 Å². The van der Waals surface area contributed by atoms with E-state index in [0.717, 1.165) is 19.5 Å². The molecular weight excluding hydrogens is 178 g/mol. The third-order valence-electron chi connectivity index (χ3n) is 2.66. The van der Waals surface area contributed by atoms with Gasteiger partial charge in [0.1, 0.15) is 0 Å². The molecule has 1 N–H and O–H groups in total. The molecule has 1 aliphatic rings. The normalized spacial score (nSPS) is 28.3. The summed E-state index contributed by atoms with van der Waals surface area (Å²) in [5, 5.41) is 8.93. The summed E-state index contributed by atoms with van der Waals surface area (Å²) < 4.78 is 0. The fourth-order valence-corrected chi connectivity index (χ4v) is 2.05. The van der Waals surface area contributed by atoms with Crippen LogP contribution in [-0.2, 0) is 4.79 Å². The Hall–Kier alpha value is -1.01. The molecule has 0 aliphatic carbocycles. The molecule has 78 valence electrons. The summed E-state index contributed by atoms with van der Waals surface area (Å²) in [6.07, 6.45) is 6.68. The number of likely N-dealkylation sites (tertiary alicyclic amines) is 1. The summed E-state index contributed by atoms with van der Waals surface area (Å²) in [6.45, 7) is 4.55. The van der Waals surface area contributed by atoms with Crippen molar-refractivity contribution < 1.29 is 9.90 Å². The van der Waals surface area contributed by atoms with E-state index in [2.05, 4.69) is 17.7 Å². The lowest BCUT2D eigenvalue weighted by Gasteiger charge is -2.34. The Balaban J connectivity index is 2.46. The molecule has 1 rings (SSSR count). The predicted octanol–water partition coefficient (Wildman–Crippen LogP) is 1.05. The molecule has 14 heavy (non-hydrogen) atoms. The largest absolute Gasteiger partial charge is 0.481 e. The fraction of sp³-hybridized carbons (Fsp3) is 0.727. The molecule has 2 unspecified atom stereocenters. The minimum absolute atomic E-state index is 0.212. The Kier molecular flexibility index (Phi) is 3.97. The molecule has 0 saturated carbocycles. The first kappa shape index (κ1) is 11.1. The van der Waals surface area contributed by atoms with Crippen LogP contribution in [0.2, 0.25) is 0 Å². The number of piperidine rings is 1. The molecule has 1 saturated heterocycles. The maximum absolute atomic E-state index is 10.9. The molecular formula is C11H17NO2. The van der Waals surface area contributed by atoms with Crippen LogP contribution < -0.4 is 0 Å². The molecule has 0 aromatic heterocycles. The van der Waals surface area contributed by atoms with Gasteiger partial charge in [-0.1, -0.05) is 6.92 Å². The van der Waals surface area contributed by atoms with Crippen LogP contribution in [0.3, 0.4) is 0 Å². The zero-order valence-electron chi connectivity index (χ0n) is 8.57. The summed E-state index contributed by atoms with van der Waals surface area (Å²) in [5.74, 6) is 2.16. The maximum atomic E-state index is 10.9. The molecule has 0 aromatic rings. The molecule has 0 bridgehead atoms. The van der Waals surface area contributed by atoms with Crippen molar-refractivity contribution in [3.8, 4) is 12.3 Å². The Morgan fingerprint density at radius 3 is 2.93 bits per heavy atom. The van der Waals surface area contributed by atoms with E-state index in [-0.39, 0.29) is 5.92 Å². The number of hydrogen-bond donors (Lipinski definition) is 1. The van der Waals surface area contributed by atoms with E-state index in [1.54, 1.807) is 0 Å². The van der Waals surface area contributed by atoms with Gasteiger partial charge in [-0.2, -0.15) is 0 Å². The van der Waals surface area contributed by atoms with Crippen LogP contribution in [0.25, 0.3) is 0 Å². The first-order valence-corrected chi connectivity index (χ1v) is 5.02. The quantitative estimate of drug-likeness (QED) is 0.684. The van der Waals surface area contributed by atoms with Crippen LogP contribution in [0, 0.1) is 24.2 Å². The van der Waals surface area contributed by atoms with Crippen LogP contribution in [0.4, 0.5) is 0 Å². The zero-order valence-corrected chi connectivity index (χ0v) is 8.57. The van der Waals surface area contributed by atoms with Crippen LogP contribution in [0.15, 0.2) is 0 Å². The average Bonchev–Trinajstić information content (AvgIpc) is 2.14. The predicted molar refractivity (Wildman–Crippen MR) is 54.8 cm³/mol. The van der Waals surface area contributed by atoms with Gasteiger partial charge in [0.25, 0.3) is 0 Å². The van der Waals surface area contributed by atoms with Crippen molar-refractivity contribution in [2.45, 2.75) is 19.8 Å². The number of aliphatic carboxylic acids is 1. The molecule has 2 atom stereocenters. The Labute approximate surface area is 85.1 Å². The van der Waals surface area contributed by atoms with Gasteiger partial charge in [0, 0.05) is 26.1 Å². The molecule has 1 fully saturated rings. The SMILES string of the molecule is C#CCCN1CC(C)CC(C(=O)O)C1. The summed E-state index contributed by atoms with van der Waals surface area (Å²) in [7, 11) is 0. The number of terminal acetylenes is 1. The van der Waals surface area contributed by atoms with Gasteiger partial charge in [0.05, 0.1) is 5.92 Å². The number of carboxylic acids is 1. The molecule has 1 heterocycles. The van der Waals surface area contributed by atoms with E-state index in [1.807, 2.05) is 0 Å². The third kappa shape index (κ3) is 3.04. The van der Waals surface area contributed by atoms with E-state index in [4.69, 9.17) is 11.5 Å². The Morgan fingerprint density at radius 2 is 2.36 bits per heavy atom. The first-order chi connectivity index (χ1) is 6.63. The van der Waals surface area contributed by atoms with Crippen molar-refractivity contribution in [3.05, 3.63) is 0 Å².